The topological polar surface area (TPSA) is 128 Å². The second-order valence-electron chi connectivity index (χ2n) is 7.98. The van der Waals surface area contributed by atoms with Gasteiger partial charge in [-0.3, -0.25) is 19.2 Å². The molecular formula is C25H30N2O7S2. The van der Waals surface area contributed by atoms with Crippen LogP contribution in [-0.4, -0.2) is 65.8 Å². The predicted octanol–water partition coefficient (Wildman–Crippen LogP) is 2.65. The molecular weight excluding hydrogens is 504 g/mol. The molecule has 2 amide bonds. The molecule has 2 N–H and O–H groups in total. The summed E-state index contributed by atoms with van der Waals surface area (Å²) in [6.07, 6.45) is 0. The van der Waals surface area contributed by atoms with Crippen LogP contribution in [0.5, 0.6) is 5.75 Å². The fourth-order valence-corrected chi connectivity index (χ4v) is 5.25. The highest BCUT2D eigenvalue weighted by Crippen LogP contribution is 2.28. The number of hydrogen-bond acceptors (Lipinski definition) is 9. The Labute approximate surface area is 218 Å². The smallest absolute Gasteiger partial charge is 0.329 e. The summed E-state index contributed by atoms with van der Waals surface area (Å²) < 4.78 is 9.90. The number of fused-ring (bicyclic) bond motifs is 1. The summed E-state index contributed by atoms with van der Waals surface area (Å²) in [6, 6.07) is 9.48. The highest BCUT2D eigenvalue weighted by atomic mass is 32.2. The number of carbonyl (C=O) groups excluding carboxylic acids is 5. The maximum Gasteiger partial charge on any atom is 0.329 e. The van der Waals surface area contributed by atoms with Gasteiger partial charge in [-0.1, -0.05) is 54.7 Å². The van der Waals surface area contributed by atoms with E-state index in [-0.39, 0.29) is 16.6 Å². The Balaban J connectivity index is 2.04. The van der Waals surface area contributed by atoms with Crippen LogP contribution in [0.2, 0.25) is 0 Å². The lowest BCUT2D eigenvalue weighted by Gasteiger charge is -2.19. The third-order valence-electron chi connectivity index (χ3n) is 5.23. The van der Waals surface area contributed by atoms with Crippen LogP contribution in [0.3, 0.4) is 0 Å². The Kier molecular flexibility index (Phi) is 11.3. The molecule has 0 fully saturated rings. The molecule has 3 atom stereocenters. The SMILES string of the molecule is COC(=O)C(CSC(=O)C(CSC(=O)C(C)c1ccc2cc(OC)ccc2c1)NC(C)=O)NC(C)=O. The molecule has 0 aromatic heterocycles. The first kappa shape index (κ1) is 29.2. The highest BCUT2D eigenvalue weighted by molar-refractivity contribution is 8.15. The highest BCUT2D eigenvalue weighted by Gasteiger charge is 2.27. The molecule has 11 heteroatoms. The minimum atomic E-state index is -1.01. The summed E-state index contributed by atoms with van der Waals surface area (Å²) in [4.78, 5) is 60.6. The summed E-state index contributed by atoms with van der Waals surface area (Å²) in [5.41, 5.74) is 0.832. The van der Waals surface area contributed by atoms with Crippen molar-refractivity contribution in [2.45, 2.75) is 38.8 Å². The van der Waals surface area contributed by atoms with Gasteiger partial charge in [0.15, 0.2) is 5.12 Å². The van der Waals surface area contributed by atoms with E-state index < -0.39 is 40.9 Å². The van der Waals surface area contributed by atoms with E-state index in [0.717, 1.165) is 45.6 Å². The van der Waals surface area contributed by atoms with Crippen LogP contribution in [0.25, 0.3) is 10.8 Å². The molecule has 0 saturated heterocycles. The molecule has 36 heavy (non-hydrogen) atoms. The Morgan fingerprint density at radius 3 is 1.97 bits per heavy atom. The second-order valence-corrected chi connectivity index (χ2v) is 10.0. The largest absolute Gasteiger partial charge is 0.497 e. The zero-order valence-electron chi connectivity index (χ0n) is 20.8. The molecule has 194 valence electrons. The van der Waals surface area contributed by atoms with E-state index in [1.54, 1.807) is 14.0 Å². The molecule has 0 bridgehead atoms. The van der Waals surface area contributed by atoms with Crippen LogP contribution in [0.4, 0.5) is 0 Å². The molecule has 0 spiro atoms. The van der Waals surface area contributed by atoms with Gasteiger partial charge in [0.25, 0.3) is 0 Å². The third-order valence-corrected chi connectivity index (χ3v) is 7.44. The van der Waals surface area contributed by atoms with Crippen LogP contribution < -0.4 is 15.4 Å². The number of hydrogen-bond donors (Lipinski definition) is 2. The van der Waals surface area contributed by atoms with E-state index in [0.29, 0.717) is 0 Å². The van der Waals surface area contributed by atoms with Crippen molar-refractivity contribution < 1.29 is 33.4 Å². The molecule has 0 aliphatic rings. The summed E-state index contributed by atoms with van der Waals surface area (Å²) in [7, 11) is 2.78. The van der Waals surface area contributed by atoms with Crippen molar-refractivity contribution in [2.24, 2.45) is 0 Å². The van der Waals surface area contributed by atoms with Gasteiger partial charge in [0, 0.05) is 25.4 Å². The van der Waals surface area contributed by atoms with Crippen molar-refractivity contribution in [1.29, 1.82) is 0 Å². The number of amides is 2. The lowest BCUT2D eigenvalue weighted by Crippen LogP contribution is -2.44. The number of rotatable bonds is 11. The molecule has 0 heterocycles. The zero-order valence-corrected chi connectivity index (χ0v) is 22.4. The quantitative estimate of drug-likeness (QED) is 0.418. The number of thioether (sulfide) groups is 2. The minimum Gasteiger partial charge on any atom is -0.497 e. The van der Waals surface area contributed by atoms with E-state index in [1.807, 2.05) is 36.4 Å². The van der Waals surface area contributed by atoms with Crippen LogP contribution in [-0.2, 0) is 28.7 Å². The molecule has 2 aromatic carbocycles. The molecule has 0 saturated carbocycles. The van der Waals surface area contributed by atoms with Gasteiger partial charge in [-0.15, -0.1) is 0 Å². The maximum absolute atomic E-state index is 12.9. The van der Waals surface area contributed by atoms with Gasteiger partial charge in [-0.25, -0.2) is 4.79 Å². The molecule has 2 rings (SSSR count). The molecule has 0 aliphatic carbocycles. The van der Waals surface area contributed by atoms with Crippen molar-refractivity contribution in [2.75, 3.05) is 25.7 Å². The lowest BCUT2D eigenvalue weighted by molar-refractivity contribution is -0.144. The van der Waals surface area contributed by atoms with E-state index >= 15 is 0 Å². The number of ether oxygens (including phenoxy) is 2. The fraction of sp³-hybridized carbons (Fsp3) is 0.400. The second kappa shape index (κ2) is 13.9. The van der Waals surface area contributed by atoms with Gasteiger partial charge in [-0.05, 0) is 28.5 Å². The maximum atomic E-state index is 12.9. The zero-order chi connectivity index (χ0) is 26.8. The fourth-order valence-electron chi connectivity index (χ4n) is 3.30. The number of carbonyl (C=O) groups is 5. The normalized spacial score (nSPS) is 13.2. The van der Waals surface area contributed by atoms with Gasteiger partial charge in [0.1, 0.15) is 17.8 Å². The first-order valence-electron chi connectivity index (χ1n) is 11.1. The Hall–Kier alpha value is -3.05. The number of esters is 1. The van der Waals surface area contributed by atoms with Gasteiger partial charge < -0.3 is 20.1 Å². The lowest BCUT2D eigenvalue weighted by atomic mass is 9.99. The van der Waals surface area contributed by atoms with Crippen molar-refractivity contribution >= 4 is 62.3 Å². The van der Waals surface area contributed by atoms with Crippen molar-refractivity contribution in [3.05, 3.63) is 42.0 Å². The van der Waals surface area contributed by atoms with E-state index in [2.05, 4.69) is 15.4 Å². The Morgan fingerprint density at radius 2 is 1.36 bits per heavy atom. The third kappa shape index (κ3) is 8.56. The molecule has 3 unspecified atom stereocenters. The molecule has 0 aliphatic heterocycles. The first-order valence-corrected chi connectivity index (χ1v) is 13.1. The summed E-state index contributed by atoms with van der Waals surface area (Å²) in [6.45, 7) is 4.31. The van der Waals surface area contributed by atoms with Crippen LogP contribution in [0.15, 0.2) is 36.4 Å². The van der Waals surface area contributed by atoms with Crippen LogP contribution in [0.1, 0.15) is 32.3 Å². The average molecular weight is 535 g/mol. The van der Waals surface area contributed by atoms with Gasteiger partial charge >= 0.3 is 5.97 Å². The van der Waals surface area contributed by atoms with Crippen molar-refractivity contribution in [3.63, 3.8) is 0 Å². The van der Waals surface area contributed by atoms with Crippen LogP contribution in [0, 0.1) is 0 Å². The van der Waals surface area contributed by atoms with Gasteiger partial charge in [-0.2, -0.15) is 0 Å². The monoisotopic (exact) mass is 534 g/mol. The average Bonchev–Trinajstić information content (AvgIpc) is 2.86. The van der Waals surface area contributed by atoms with Crippen molar-refractivity contribution in [1.82, 2.24) is 10.6 Å². The van der Waals surface area contributed by atoms with E-state index in [9.17, 15) is 24.0 Å². The predicted molar refractivity (Wildman–Crippen MR) is 141 cm³/mol. The molecule has 0 radical (unpaired) electrons. The minimum absolute atomic E-state index is 0.0302. The Bertz CT molecular complexity index is 1140. The van der Waals surface area contributed by atoms with Crippen LogP contribution >= 0.6 is 23.5 Å². The number of nitrogens with one attached hydrogen (secondary N) is 2. The van der Waals surface area contributed by atoms with Gasteiger partial charge in [0.05, 0.1) is 20.1 Å². The molecule has 9 nitrogen and oxygen atoms in total. The summed E-state index contributed by atoms with van der Waals surface area (Å²) in [5.74, 6) is -1.29. The number of methoxy groups -OCH3 is 2. The number of benzene rings is 2. The summed E-state index contributed by atoms with van der Waals surface area (Å²) >= 11 is 1.73. The van der Waals surface area contributed by atoms with E-state index in [1.165, 1.54) is 21.0 Å². The first-order chi connectivity index (χ1) is 17.0. The Morgan fingerprint density at radius 1 is 0.806 bits per heavy atom. The van der Waals surface area contributed by atoms with Gasteiger partial charge in [0.2, 0.25) is 16.9 Å². The van der Waals surface area contributed by atoms with E-state index in [4.69, 9.17) is 4.74 Å². The molecule has 2 aromatic rings. The standard InChI is InChI=1S/C25H30N2O7S2/c1-14(17-6-7-19-11-20(33-4)9-8-18(19)10-17)24(31)35-13-22(27-16(3)29)25(32)36-12-21(23(30)34-5)26-15(2)28/h6-11,14,21-22H,12-13H2,1-5H3,(H,26,28)(H,27,29). The van der Waals surface area contributed by atoms with Crippen molar-refractivity contribution in [3.8, 4) is 5.75 Å². The summed E-state index contributed by atoms with van der Waals surface area (Å²) in [5, 5.41) is 6.36.